The predicted molar refractivity (Wildman–Crippen MR) is 116 cm³/mol. The molecule has 0 bridgehead atoms. The molecule has 0 rings (SSSR count). The molecule has 0 aliphatic carbocycles. The monoisotopic (exact) mass is 738 g/mol. The Morgan fingerprint density at radius 2 is 0.595 bits per heavy atom. The van der Waals surface area contributed by atoms with Crippen LogP contribution in [0.2, 0.25) is 0 Å². The van der Waals surface area contributed by atoms with Gasteiger partial charge in [-0.1, -0.05) is 0 Å². The maximum Gasteiger partial charge on any atom is 2.00 e. The fourth-order valence-electron chi connectivity index (χ4n) is 1.37. The summed E-state index contributed by atoms with van der Waals surface area (Å²) in [7, 11) is 0. The zero-order valence-corrected chi connectivity index (χ0v) is 27.7. The van der Waals surface area contributed by atoms with Gasteiger partial charge in [0.25, 0.3) is 0 Å². The largest absolute Gasteiger partial charge is 2.00 e. The quantitative estimate of drug-likeness (QED) is 0.0446. The number of carboxylic acid groups (broad SMARTS) is 6. The van der Waals surface area contributed by atoms with Gasteiger partial charge in [0.2, 0.25) is 0 Å². The topological polar surface area (TPSA) is 632 Å². The fourth-order valence-corrected chi connectivity index (χ4v) is 1.37. The van der Waals surface area contributed by atoms with E-state index in [1.54, 1.807) is 0 Å². The van der Waals surface area contributed by atoms with Crippen LogP contribution in [0.1, 0.15) is 25.7 Å². The molecule has 0 heterocycles. The first kappa shape index (κ1) is 77.0. The van der Waals surface area contributed by atoms with E-state index in [0.29, 0.717) is 0 Å². The van der Waals surface area contributed by atoms with E-state index in [0.717, 1.165) is 0 Å². The van der Waals surface area contributed by atoms with Crippen molar-refractivity contribution in [3.63, 3.8) is 0 Å². The minimum Gasteiger partial charge on any atom is -0.550 e. The minimum atomic E-state index is -2.97. The van der Waals surface area contributed by atoms with Crippen molar-refractivity contribution in [2.75, 3.05) is 0 Å². The minimum absolute atomic E-state index is 0. The summed E-state index contributed by atoms with van der Waals surface area (Å²) in [5.41, 5.74) is 12.4. The van der Waals surface area contributed by atoms with E-state index in [2.05, 4.69) is 33.8 Å². The van der Waals surface area contributed by atoms with Crippen LogP contribution in [0.25, 0.3) is 0 Å². The molecule has 30 N–H and O–H groups in total. The molecule has 0 aromatic carbocycles. The van der Waals surface area contributed by atoms with Crippen molar-refractivity contribution in [1.82, 2.24) is 0 Å². The average molecular weight is 741 g/mol. The van der Waals surface area contributed by atoms with Crippen molar-refractivity contribution >= 4 is 47.7 Å². The molecule has 0 atom stereocenters. The van der Waals surface area contributed by atoms with Gasteiger partial charge in [-0.05, 0) is 0 Å². The SMILES string of the molecule is NC(N)=[NH2+].NC(N)=[NH2+].O.O.O=C([O-])CC(O)(CC(=O)[O-])C(=O)[O-].O=C([O-])CC(O)(CC(=O)[O-])C(=O)[O-].[OH3+].[OH3+].[OH3+].[OH3+].[Zn+2].[Zn+2]. The summed E-state index contributed by atoms with van der Waals surface area (Å²) < 4.78 is 0. The van der Waals surface area contributed by atoms with Crippen molar-refractivity contribution in [2.24, 2.45) is 22.9 Å². The third kappa shape index (κ3) is 56.5. The molecule has 26 nitrogen and oxygen atoms in total. The Kier molecular flexibility index (Phi) is 68.4. The first-order chi connectivity index (χ1) is 15.0. The van der Waals surface area contributed by atoms with Gasteiger partial charge in [-0.2, -0.15) is 0 Å². The Morgan fingerprint density at radius 3 is 0.643 bits per heavy atom. The Balaban J connectivity index is -0.0000000296. The van der Waals surface area contributed by atoms with Crippen LogP contribution in [-0.2, 0) is 89.6 Å². The molecule has 42 heavy (non-hydrogen) atoms. The zero-order valence-electron chi connectivity index (χ0n) is 21.8. The van der Waals surface area contributed by atoms with Crippen LogP contribution in [0.15, 0.2) is 0 Å². The van der Waals surface area contributed by atoms with Crippen LogP contribution >= 0.6 is 0 Å². The first-order valence-electron chi connectivity index (χ1n) is 7.96. The molecule has 0 aromatic rings. The number of hydrogen-bond acceptors (Lipinski definition) is 14. The number of aliphatic carboxylic acids is 6. The molecule has 0 aliphatic heterocycles. The maximum atomic E-state index is 10.1. The van der Waals surface area contributed by atoms with Crippen LogP contribution in [-0.4, -0.2) is 80.1 Å². The van der Waals surface area contributed by atoms with Crippen LogP contribution in [0, 0.1) is 0 Å². The summed E-state index contributed by atoms with van der Waals surface area (Å²) in [4.78, 5) is 60.0. The predicted octanol–water partition coefficient (Wildman–Crippen LogP) is -21.8. The van der Waals surface area contributed by atoms with Gasteiger partial charge in [0.05, 0.1) is 11.9 Å². The van der Waals surface area contributed by atoms with Crippen molar-refractivity contribution < 1.29 is 152 Å². The Bertz CT molecular complexity index is 697. The van der Waals surface area contributed by atoms with Gasteiger partial charge in [-0.3, -0.25) is 33.8 Å². The molecule has 0 aromatic heterocycles. The summed E-state index contributed by atoms with van der Waals surface area (Å²) in [5.74, 6) is -12.1. The standard InChI is InChI=1S/2C6H8O7.2CH5N3.6H2O.2Zn/c2*7-3(8)1-6(13,5(11)12)2-4(9)10;2*2-1(3)4;;;;;;;;/h2*13H,1-2H2,(H,7,8)(H,9,10)(H,11,12);2*(H5,2,3,4);6*1H2;;/q;;;;;;;;;;2*+2. The van der Waals surface area contributed by atoms with E-state index >= 15 is 0 Å². The first-order valence-corrected chi connectivity index (χ1v) is 7.96. The number of carboxylic acids is 6. The van der Waals surface area contributed by atoms with Crippen molar-refractivity contribution in [3.8, 4) is 0 Å². The van der Waals surface area contributed by atoms with Crippen LogP contribution in [0.3, 0.4) is 0 Å². The smallest absolute Gasteiger partial charge is 0.550 e. The van der Waals surface area contributed by atoms with Gasteiger partial charge < -0.3 is 102 Å². The van der Waals surface area contributed by atoms with Gasteiger partial charge in [0, 0.05) is 49.6 Å². The molecule has 0 saturated heterocycles. The molecule has 0 amide bonds. The number of carbonyl (C=O) groups excluding carboxylic acids is 6. The zero-order chi connectivity index (χ0) is 28.4. The van der Waals surface area contributed by atoms with Crippen LogP contribution in [0.4, 0.5) is 0 Å². The van der Waals surface area contributed by atoms with Gasteiger partial charge in [-0.15, -0.1) is 0 Å². The Hall–Kier alpha value is -3.71. The molecule has 0 aliphatic rings. The van der Waals surface area contributed by atoms with E-state index in [1.165, 1.54) is 0 Å². The van der Waals surface area contributed by atoms with Gasteiger partial charge >= 0.3 is 50.9 Å². The number of guanidine groups is 2. The summed E-state index contributed by atoms with van der Waals surface area (Å²) in [6.07, 6.45) is -5.43. The van der Waals surface area contributed by atoms with E-state index in [4.69, 9.17) is 10.2 Å². The molecular weight excluding hydrogens is 703 g/mol. The molecule has 244 valence electrons. The molecule has 0 radical (unpaired) electrons. The number of hydrogen-bond donors (Lipinski definition) is 8. The van der Waals surface area contributed by atoms with Crippen molar-refractivity contribution in [3.05, 3.63) is 0 Å². The van der Waals surface area contributed by atoms with Crippen molar-refractivity contribution in [2.45, 2.75) is 36.9 Å². The van der Waals surface area contributed by atoms with Crippen molar-refractivity contribution in [1.29, 1.82) is 0 Å². The van der Waals surface area contributed by atoms with E-state index in [9.17, 15) is 59.4 Å². The van der Waals surface area contributed by atoms with Gasteiger partial charge in [-0.25, -0.2) is 0 Å². The molecule has 0 saturated carbocycles. The number of aliphatic hydroxyl groups is 2. The van der Waals surface area contributed by atoms with Gasteiger partial charge in [0.15, 0.2) is 0 Å². The van der Waals surface area contributed by atoms with E-state index in [-0.39, 0.29) is 83.7 Å². The second kappa shape index (κ2) is 37.3. The fraction of sp³-hybridized carbons (Fsp3) is 0.429. The second-order valence-corrected chi connectivity index (χ2v) is 5.83. The normalized spacial score (nSPS) is 7.86. The van der Waals surface area contributed by atoms with E-state index in [1.807, 2.05) is 0 Å². The number of carbonyl (C=O) groups is 6. The second-order valence-electron chi connectivity index (χ2n) is 5.83. The Morgan fingerprint density at radius 1 is 0.500 bits per heavy atom. The summed E-state index contributed by atoms with van der Waals surface area (Å²) >= 11 is 0. The molecule has 0 fully saturated rings. The number of rotatable bonds is 10. The van der Waals surface area contributed by atoms with Crippen LogP contribution < -0.4 is 64.4 Å². The molecular formula is C14H38N6O20Zn2+4. The molecule has 0 spiro atoms. The molecule has 28 heteroatoms. The van der Waals surface area contributed by atoms with E-state index < -0.39 is 72.7 Å². The molecule has 0 unspecified atom stereocenters. The summed E-state index contributed by atoms with van der Waals surface area (Å²) in [5, 5.41) is 87.0. The third-order valence-corrected chi connectivity index (χ3v) is 2.51. The third-order valence-electron chi connectivity index (χ3n) is 2.51. The Labute approximate surface area is 259 Å². The average Bonchev–Trinajstić information content (AvgIpc) is 2.50. The van der Waals surface area contributed by atoms with Crippen LogP contribution in [0.5, 0.6) is 0 Å². The summed E-state index contributed by atoms with van der Waals surface area (Å²) in [6.45, 7) is 0. The summed E-state index contributed by atoms with van der Waals surface area (Å²) in [6, 6.07) is 0. The maximum absolute atomic E-state index is 10.1. The van der Waals surface area contributed by atoms with Gasteiger partial charge in [0.1, 0.15) is 11.2 Å². The number of nitrogens with two attached hydrogens (primary N) is 6.